The summed E-state index contributed by atoms with van der Waals surface area (Å²) in [5.74, 6) is 0. The fourth-order valence-electron chi connectivity index (χ4n) is 3.93. The lowest BCUT2D eigenvalue weighted by molar-refractivity contribution is -0.137. The molecule has 1 aromatic carbocycles. The summed E-state index contributed by atoms with van der Waals surface area (Å²) in [5, 5.41) is 0.496. The van der Waals surface area contributed by atoms with E-state index in [1.165, 1.54) is 12.1 Å². The minimum Gasteiger partial charge on any atom is -0.340 e. The van der Waals surface area contributed by atoms with Crippen molar-refractivity contribution in [2.45, 2.75) is 39.2 Å². The van der Waals surface area contributed by atoms with E-state index in [1.54, 1.807) is 24.4 Å². The van der Waals surface area contributed by atoms with Gasteiger partial charge in [-0.1, -0.05) is 24.3 Å². The van der Waals surface area contributed by atoms with Crippen LogP contribution in [0.4, 0.5) is 17.6 Å². The first-order chi connectivity index (χ1) is 13.8. The molecule has 0 saturated carbocycles. The van der Waals surface area contributed by atoms with Crippen molar-refractivity contribution in [1.29, 1.82) is 0 Å². The lowest BCUT2D eigenvalue weighted by Crippen LogP contribution is -2.13. The number of aryl methyl sites for hydroxylation is 1. The van der Waals surface area contributed by atoms with Gasteiger partial charge in [0, 0.05) is 52.6 Å². The number of aromatic nitrogens is 2. The number of allylic oxidation sites excluding steroid dienone is 4. The molecule has 1 unspecified atom stereocenters. The van der Waals surface area contributed by atoms with Gasteiger partial charge >= 0.3 is 6.18 Å². The van der Waals surface area contributed by atoms with Crippen LogP contribution in [0.25, 0.3) is 22.0 Å². The van der Waals surface area contributed by atoms with E-state index < -0.39 is 17.9 Å². The third kappa shape index (κ3) is 3.48. The van der Waals surface area contributed by atoms with Crippen molar-refractivity contribution in [2.75, 3.05) is 0 Å². The lowest BCUT2D eigenvalue weighted by atomic mass is 10.00. The second kappa shape index (κ2) is 7.17. The van der Waals surface area contributed by atoms with Crippen LogP contribution in [0.5, 0.6) is 0 Å². The van der Waals surface area contributed by atoms with E-state index in [9.17, 15) is 17.6 Å². The van der Waals surface area contributed by atoms with Crippen LogP contribution >= 0.6 is 0 Å². The van der Waals surface area contributed by atoms with Gasteiger partial charge in [-0.2, -0.15) is 13.2 Å². The van der Waals surface area contributed by atoms with Crippen molar-refractivity contribution < 1.29 is 17.6 Å². The van der Waals surface area contributed by atoms with Gasteiger partial charge in [-0.15, -0.1) is 0 Å². The SMILES string of the molecule is Cc1ncccc1-c1c(C)n(CC2=CC=CCC2F)c2ccc(C(F)(F)F)cc12. The Balaban J connectivity index is 1.97. The van der Waals surface area contributed by atoms with Crippen molar-refractivity contribution >= 4 is 10.9 Å². The Morgan fingerprint density at radius 2 is 1.97 bits per heavy atom. The second-order valence-corrected chi connectivity index (χ2v) is 7.29. The Labute approximate surface area is 166 Å². The van der Waals surface area contributed by atoms with Crippen LogP contribution in [-0.2, 0) is 12.7 Å². The first kappa shape index (κ1) is 19.4. The molecule has 0 radical (unpaired) electrons. The number of halogens is 4. The van der Waals surface area contributed by atoms with Gasteiger partial charge in [0.2, 0.25) is 0 Å². The molecule has 1 aliphatic carbocycles. The molecule has 0 saturated heterocycles. The monoisotopic (exact) mass is 400 g/mol. The summed E-state index contributed by atoms with van der Waals surface area (Å²) in [6, 6.07) is 7.37. The van der Waals surface area contributed by atoms with Gasteiger partial charge < -0.3 is 4.57 Å². The number of pyridine rings is 1. The van der Waals surface area contributed by atoms with E-state index in [0.717, 1.165) is 23.0 Å². The molecule has 0 N–H and O–H groups in total. The van der Waals surface area contributed by atoms with Crippen LogP contribution in [0.15, 0.2) is 60.3 Å². The average molecular weight is 400 g/mol. The second-order valence-electron chi connectivity index (χ2n) is 7.29. The summed E-state index contributed by atoms with van der Waals surface area (Å²) in [6.07, 6.45) is 1.79. The van der Waals surface area contributed by atoms with Crippen LogP contribution in [0.2, 0.25) is 0 Å². The van der Waals surface area contributed by atoms with Crippen molar-refractivity contribution in [2.24, 2.45) is 0 Å². The average Bonchev–Trinajstić information content (AvgIpc) is 2.94. The van der Waals surface area contributed by atoms with E-state index in [1.807, 2.05) is 30.6 Å². The van der Waals surface area contributed by atoms with E-state index in [0.29, 0.717) is 35.0 Å². The molecule has 0 amide bonds. The van der Waals surface area contributed by atoms with Crippen LogP contribution in [0.1, 0.15) is 23.4 Å². The van der Waals surface area contributed by atoms with Gasteiger partial charge in [0.1, 0.15) is 6.17 Å². The number of alkyl halides is 4. The van der Waals surface area contributed by atoms with Crippen molar-refractivity contribution in [3.05, 3.63) is 77.3 Å². The van der Waals surface area contributed by atoms with Gasteiger partial charge in [0.15, 0.2) is 0 Å². The predicted molar refractivity (Wildman–Crippen MR) is 106 cm³/mol. The Bertz CT molecular complexity index is 1140. The van der Waals surface area contributed by atoms with E-state index in [-0.39, 0.29) is 0 Å². The smallest absolute Gasteiger partial charge is 0.340 e. The fraction of sp³-hybridized carbons (Fsp3) is 0.261. The van der Waals surface area contributed by atoms with Crippen molar-refractivity contribution in [3.63, 3.8) is 0 Å². The minimum absolute atomic E-state index is 0.290. The maximum Gasteiger partial charge on any atom is 0.416 e. The zero-order valence-corrected chi connectivity index (χ0v) is 16.1. The number of rotatable bonds is 3. The molecule has 2 heterocycles. The standard InChI is InChI=1S/C23H20F4N2/c1-14-18(7-5-11-28-14)22-15(2)29(13-16-6-3-4-8-20(16)24)21-10-9-17(12-19(21)22)23(25,26)27/h3-7,9-12,20H,8,13H2,1-2H3. The molecule has 0 bridgehead atoms. The zero-order chi connectivity index (χ0) is 20.8. The number of hydrogen-bond acceptors (Lipinski definition) is 1. The van der Waals surface area contributed by atoms with Crippen molar-refractivity contribution in [1.82, 2.24) is 9.55 Å². The number of benzene rings is 1. The van der Waals surface area contributed by atoms with E-state index in [2.05, 4.69) is 4.98 Å². The number of fused-ring (bicyclic) bond motifs is 1. The highest BCUT2D eigenvalue weighted by atomic mass is 19.4. The molecule has 4 rings (SSSR count). The number of hydrogen-bond donors (Lipinski definition) is 0. The Hall–Kier alpha value is -2.89. The maximum atomic E-state index is 14.4. The van der Waals surface area contributed by atoms with Gasteiger partial charge in [0.05, 0.1) is 5.56 Å². The molecule has 150 valence electrons. The van der Waals surface area contributed by atoms with Gasteiger partial charge in [-0.25, -0.2) is 4.39 Å². The third-order valence-corrected chi connectivity index (χ3v) is 5.46. The zero-order valence-electron chi connectivity index (χ0n) is 16.1. The van der Waals surface area contributed by atoms with Crippen LogP contribution in [0, 0.1) is 13.8 Å². The van der Waals surface area contributed by atoms with Crippen LogP contribution in [0.3, 0.4) is 0 Å². The highest BCUT2D eigenvalue weighted by molar-refractivity contribution is 5.99. The molecule has 0 aliphatic heterocycles. The van der Waals surface area contributed by atoms with Gasteiger partial charge in [-0.05, 0) is 43.7 Å². The molecular weight excluding hydrogens is 380 g/mol. The van der Waals surface area contributed by atoms with E-state index in [4.69, 9.17) is 0 Å². The quantitative estimate of drug-likeness (QED) is 0.455. The lowest BCUT2D eigenvalue weighted by Gasteiger charge is -2.17. The maximum absolute atomic E-state index is 14.4. The molecule has 1 atom stereocenters. The predicted octanol–water partition coefficient (Wildman–Crippen LogP) is 6.56. The minimum atomic E-state index is -4.44. The molecule has 3 aromatic rings. The summed E-state index contributed by atoms with van der Waals surface area (Å²) in [6.45, 7) is 3.98. The summed E-state index contributed by atoms with van der Waals surface area (Å²) >= 11 is 0. The van der Waals surface area contributed by atoms with Crippen LogP contribution < -0.4 is 0 Å². The summed E-state index contributed by atoms with van der Waals surface area (Å²) in [7, 11) is 0. The summed E-state index contributed by atoms with van der Waals surface area (Å²) in [5.41, 5.74) is 3.57. The molecule has 29 heavy (non-hydrogen) atoms. The largest absolute Gasteiger partial charge is 0.416 e. The first-order valence-electron chi connectivity index (χ1n) is 9.39. The van der Waals surface area contributed by atoms with Gasteiger partial charge in [-0.3, -0.25) is 4.98 Å². The van der Waals surface area contributed by atoms with Crippen molar-refractivity contribution in [3.8, 4) is 11.1 Å². The highest BCUT2D eigenvalue weighted by Gasteiger charge is 2.32. The molecule has 0 fully saturated rings. The summed E-state index contributed by atoms with van der Waals surface area (Å²) in [4.78, 5) is 4.30. The Kier molecular flexibility index (Phi) is 4.81. The molecule has 1 aliphatic rings. The van der Waals surface area contributed by atoms with Crippen LogP contribution in [-0.4, -0.2) is 15.7 Å². The van der Waals surface area contributed by atoms with E-state index >= 15 is 0 Å². The molecule has 6 heteroatoms. The first-order valence-corrected chi connectivity index (χ1v) is 9.39. The normalized spacial score (nSPS) is 17.0. The Morgan fingerprint density at radius 3 is 2.66 bits per heavy atom. The summed E-state index contributed by atoms with van der Waals surface area (Å²) < 4.78 is 56.4. The topological polar surface area (TPSA) is 17.8 Å². The molecule has 0 spiro atoms. The highest BCUT2D eigenvalue weighted by Crippen LogP contribution is 2.40. The fourth-order valence-corrected chi connectivity index (χ4v) is 3.93. The molecular formula is C23H20F4N2. The number of nitrogens with zero attached hydrogens (tertiary/aromatic N) is 2. The Morgan fingerprint density at radius 1 is 1.17 bits per heavy atom. The molecule has 2 aromatic heterocycles. The third-order valence-electron chi connectivity index (χ3n) is 5.46. The molecule has 2 nitrogen and oxygen atoms in total. The van der Waals surface area contributed by atoms with Gasteiger partial charge in [0.25, 0.3) is 0 Å².